The van der Waals surface area contributed by atoms with E-state index in [1.807, 2.05) is 46.0 Å². The summed E-state index contributed by atoms with van der Waals surface area (Å²) in [6.45, 7) is 6.92. The van der Waals surface area contributed by atoms with Crippen LogP contribution in [-0.2, 0) is 17.9 Å². The minimum absolute atomic E-state index is 0.0481. The van der Waals surface area contributed by atoms with Crippen LogP contribution in [0.5, 0.6) is 0 Å². The SMILES string of the molecule is C=CC(=O)N1Cc2c(-c3ccncc3)c(-c3ccc(Cl)cc3)nn2CC1CC. The highest BCUT2D eigenvalue weighted by molar-refractivity contribution is 6.30. The summed E-state index contributed by atoms with van der Waals surface area (Å²) in [7, 11) is 0. The molecule has 3 heterocycles. The zero-order valence-corrected chi connectivity index (χ0v) is 16.4. The van der Waals surface area contributed by atoms with Gasteiger partial charge in [0.1, 0.15) is 5.69 Å². The van der Waals surface area contributed by atoms with E-state index < -0.39 is 0 Å². The van der Waals surface area contributed by atoms with E-state index in [1.54, 1.807) is 12.4 Å². The molecule has 1 unspecified atom stereocenters. The van der Waals surface area contributed by atoms with E-state index >= 15 is 0 Å². The average Bonchev–Trinajstić information content (AvgIpc) is 3.11. The number of halogens is 1. The lowest BCUT2D eigenvalue weighted by molar-refractivity contribution is -0.130. The van der Waals surface area contributed by atoms with E-state index in [9.17, 15) is 4.79 Å². The number of fused-ring (bicyclic) bond motifs is 1. The van der Waals surface area contributed by atoms with Crippen molar-refractivity contribution in [3.05, 3.63) is 72.2 Å². The molecule has 1 atom stereocenters. The Labute approximate surface area is 169 Å². The van der Waals surface area contributed by atoms with Crippen LogP contribution < -0.4 is 0 Å². The van der Waals surface area contributed by atoms with E-state index in [0.29, 0.717) is 18.1 Å². The smallest absolute Gasteiger partial charge is 0.246 e. The van der Waals surface area contributed by atoms with Crippen molar-refractivity contribution in [2.75, 3.05) is 0 Å². The van der Waals surface area contributed by atoms with E-state index in [1.165, 1.54) is 6.08 Å². The van der Waals surface area contributed by atoms with Gasteiger partial charge in [0.15, 0.2) is 0 Å². The summed E-state index contributed by atoms with van der Waals surface area (Å²) in [5.41, 5.74) is 4.97. The molecular weight excluding hydrogens is 372 g/mol. The lowest BCUT2D eigenvalue weighted by Crippen LogP contribution is -2.45. The molecule has 4 rings (SSSR count). The summed E-state index contributed by atoms with van der Waals surface area (Å²) in [4.78, 5) is 18.5. The van der Waals surface area contributed by atoms with Crippen LogP contribution >= 0.6 is 11.6 Å². The molecule has 5 nitrogen and oxygen atoms in total. The Balaban J connectivity index is 1.90. The zero-order valence-electron chi connectivity index (χ0n) is 15.7. The molecule has 1 amide bonds. The van der Waals surface area contributed by atoms with Crippen LogP contribution in [0.3, 0.4) is 0 Å². The molecule has 0 fully saturated rings. The first-order valence-electron chi connectivity index (χ1n) is 9.31. The molecule has 0 aliphatic carbocycles. The number of nitrogens with zero attached hydrogens (tertiary/aromatic N) is 4. The fraction of sp³-hybridized carbons (Fsp3) is 0.227. The predicted molar refractivity (Wildman–Crippen MR) is 111 cm³/mol. The van der Waals surface area contributed by atoms with Gasteiger partial charge in [-0.25, -0.2) is 0 Å². The van der Waals surface area contributed by atoms with E-state index in [0.717, 1.165) is 34.5 Å². The lowest BCUT2D eigenvalue weighted by atomic mass is 9.98. The van der Waals surface area contributed by atoms with Crippen LogP contribution in [0.1, 0.15) is 19.0 Å². The van der Waals surface area contributed by atoms with Crippen molar-refractivity contribution in [2.24, 2.45) is 0 Å². The highest BCUT2D eigenvalue weighted by Gasteiger charge is 2.32. The third-order valence-electron chi connectivity index (χ3n) is 5.22. The number of carbonyl (C=O) groups excluding carboxylic acids is 1. The summed E-state index contributed by atoms with van der Waals surface area (Å²) in [6.07, 6.45) is 5.80. The molecule has 6 heteroatoms. The van der Waals surface area contributed by atoms with E-state index in [-0.39, 0.29) is 11.9 Å². The van der Waals surface area contributed by atoms with Gasteiger partial charge in [0.25, 0.3) is 0 Å². The molecule has 0 saturated heterocycles. The van der Waals surface area contributed by atoms with Crippen LogP contribution in [0.15, 0.2) is 61.4 Å². The van der Waals surface area contributed by atoms with Gasteiger partial charge in [0, 0.05) is 28.5 Å². The van der Waals surface area contributed by atoms with Crippen molar-refractivity contribution in [1.82, 2.24) is 19.7 Å². The molecule has 1 aliphatic rings. The second-order valence-electron chi connectivity index (χ2n) is 6.83. The maximum atomic E-state index is 12.5. The van der Waals surface area contributed by atoms with Crippen molar-refractivity contribution >= 4 is 17.5 Å². The Morgan fingerprint density at radius 1 is 1.21 bits per heavy atom. The number of carbonyl (C=O) groups is 1. The number of amides is 1. The third-order valence-corrected chi connectivity index (χ3v) is 5.47. The molecule has 0 bridgehead atoms. The fourth-order valence-corrected chi connectivity index (χ4v) is 3.88. The lowest BCUT2D eigenvalue weighted by Gasteiger charge is -2.35. The number of pyridine rings is 1. The van der Waals surface area contributed by atoms with Crippen molar-refractivity contribution in [3.8, 4) is 22.4 Å². The third kappa shape index (κ3) is 3.22. The molecular formula is C22H21ClN4O. The first-order valence-corrected chi connectivity index (χ1v) is 9.69. The summed E-state index contributed by atoms with van der Waals surface area (Å²) >= 11 is 6.08. The monoisotopic (exact) mass is 392 g/mol. The summed E-state index contributed by atoms with van der Waals surface area (Å²) in [5.74, 6) is -0.0481. The topological polar surface area (TPSA) is 51.0 Å². The molecule has 0 N–H and O–H groups in total. The predicted octanol–water partition coefficient (Wildman–Crippen LogP) is 4.57. The van der Waals surface area contributed by atoms with Gasteiger partial charge in [-0.3, -0.25) is 14.5 Å². The number of aromatic nitrogens is 3. The molecule has 28 heavy (non-hydrogen) atoms. The number of benzene rings is 1. The van der Waals surface area contributed by atoms with E-state index in [4.69, 9.17) is 16.7 Å². The molecule has 142 valence electrons. The van der Waals surface area contributed by atoms with Crippen molar-refractivity contribution in [1.29, 1.82) is 0 Å². The van der Waals surface area contributed by atoms with Crippen molar-refractivity contribution in [2.45, 2.75) is 32.5 Å². The van der Waals surface area contributed by atoms with Crippen LogP contribution in [0.4, 0.5) is 0 Å². The fourth-order valence-electron chi connectivity index (χ4n) is 3.75. The van der Waals surface area contributed by atoms with Gasteiger partial charge in [0.2, 0.25) is 5.91 Å². The first-order chi connectivity index (χ1) is 13.6. The highest BCUT2D eigenvalue weighted by Crippen LogP contribution is 2.37. The maximum Gasteiger partial charge on any atom is 0.246 e. The van der Waals surface area contributed by atoms with Gasteiger partial charge >= 0.3 is 0 Å². The van der Waals surface area contributed by atoms with Gasteiger partial charge in [-0.15, -0.1) is 0 Å². The quantitative estimate of drug-likeness (QED) is 0.611. The minimum Gasteiger partial charge on any atom is -0.328 e. The highest BCUT2D eigenvalue weighted by atomic mass is 35.5. The Hall–Kier alpha value is -2.92. The molecule has 0 spiro atoms. The van der Waals surface area contributed by atoms with Gasteiger partial charge < -0.3 is 4.90 Å². The van der Waals surface area contributed by atoms with Gasteiger partial charge in [-0.05, 0) is 42.3 Å². The summed E-state index contributed by atoms with van der Waals surface area (Å²) in [6, 6.07) is 11.7. The number of hydrogen-bond donors (Lipinski definition) is 0. The van der Waals surface area contributed by atoms with Crippen LogP contribution in [0, 0.1) is 0 Å². The zero-order chi connectivity index (χ0) is 19.7. The molecule has 1 aromatic carbocycles. The maximum absolute atomic E-state index is 12.5. The van der Waals surface area contributed by atoms with Crippen molar-refractivity contribution in [3.63, 3.8) is 0 Å². The summed E-state index contributed by atoms with van der Waals surface area (Å²) < 4.78 is 2.04. The Morgan fingerprint density at radius 3 is 2.57 bits per heavy atom. The second-order valence-corrected chi connectivity index (χ2v) is 7.26. The number of rotatable bonds is 4. The van der Waals surface area contributed by atoms with Gasteiger partial charge in [0.05, 0.1) is 24.8 Å². The largest absolute Gasteiger partial charge is 0.328 e. The minimum atomic E-state index is -0.0481. The first kappa shape index (κ1) is 18.4. The van der Waals surface area contributed by atoms with Crippen molar-refractivity contribution < 1.29 is 4.79 Å². The Kier molecular flexibility index (Phi) is 5.01. The molecule has 1 aliphatic heterocycles. The standard InChI is InChI=1S/C22H21ClN4O/c1-3-18-13-27-19(14-26(18)20(28)4-2)21(15-9-11-24-12-10-15)22(25-27)16-5-7-17(23)8-6-16/h4-12,18H,2-3,13-14H2,1H3. The van der Waals surface area contributed by atoms with E-state index in [2.05, 4.69) is 18.5 Å². The molecule has 3 aromatic rings. The van der Waals surface area contributed by atoms with Crippen LogP contribution in [-0.4, -0.2) is 31.6 Å². The normalized spacial score (nSPS) is 15.9. The summed E-state index contributed by atoms with van der Waals surface area (Å²) in [5, 5.41) is 5.62. The molecule has 0 radical (unpaired) electrons. The average molecular weight is 393 g/mol. The van der Waals surface area contributed by atoms with Gasteiger partial charge in [-0.2, -0.15) is 5.10 Å². The Bertz CT molecular complexity index is 1010. The Morgan fingerprint density at radius 2 is 1.93 bits per heavy atom. The molecule has 2 aromatic heterocycles. The number of hydrogen-bond acceptors (Lipinski definition) is 3. The van der Waals surface area contributed by atoms with Crippen LogP contribution in [0.2, 0.25) is 5.02 Å². The second kappa shape index (κ2) is 7.60. The molecule has 0 saturated carbocycles. The van der Waals surface area contributed by atoms with Gasteiger partial charge in [-0.1, -0.05) is 37.2 Å². The van der Waals surface area contributed by atoms with Crippen LogP contribution in [0.25, 0.3) is 22.4 Å².